The Morgan fingerprint density at radius 1 is 0.875 bits per heavy atom. The van der Waals surface area contributed by atoms with Gasteiger partial charge in [0.25, 0.3) is 0 Å². The lowest BCUT2D eigenvalue weighted by atomic mass is 10.1. The van der Waals surface area contributed by atoms with Gasteiger partial charge in [-0.25, -0.2) is 0 Å². The fraction of sp³-hybridized carbons (Fsp3) is 0. The molecule has 0 saturated heterocycles. The summed E-state index contributed by atoms with van der Waals surface area (Å²) in [5.74, 6) is 0.927. The standard InChI is InChI=1S/C14H9NO/c1-2-6-12-10(4-1)11-5-3-7-13-14(11)15(12)8-9-16-13/h1-9H. The van der Waals surface area contributed by atoms with Gasteiger partial charge in [0.1, 0.15) is 6.26 Å². The lowest BCUT2D eigenvalue weighted by Crippen LogP contribution is -1.95. The molecule has 1 aliphatic heterocycles. The first-order valence-corrected chi connectivity index (χ1v) is 5.30. The second-order valence-corrected chi connectivity index (χ2v) is 3.94. The van der Waals surface area contributed by atoms with Crippen molar-refractivity contribution in [2.45, 2.75) is 0 Å². The average molecular weight is 207 g/mol. The van der Waals surface area contributed by atoms with Gasteiger partial charge >= 0.3 is 0 Å². The Morgan fingerprint density at radius 3 is 2.75 bits per heavy atom. The normalized spacial score (nSPS) is 13.2. The molecule has 2 aromatic carbocycles. The summed E-state index contributed by atoms with van der Waals surface area (Å²) in [5, 5.41) is 2.52. The van der Waals surface area contributed by atoms with E-state index in [1.54, 1.807) is 6.26 Å². The molecule has 16 heavy (non-hydrogen) atoms. The molecule has 0 atom stereocenters. The molecule has 4 rings (SSSR count). The minimum atomic E-state index is 0.927. The second-order valence-electron chi connectivity index (χ2n) is 3.94. The molecule has 1 aliphatic rings. The number of hydrogen-bond donors (Lipinski definition) is 0. The van der Waals surface area contributed by atoms with Gasteiger partial charge in [0.15, 0.2) is 5.75 Å². The van der Waals surface area contributed by atoms with Crippen molar-refractivity contribution >= 4 is 28.0 Å². The Labute approximate surface area is 92.4 Å². The van der Waals surface area contributed by atoms with Gasteiger partial charge < -0.3 is 9.30 Å². The molecule has 0 fully saturated rings. The first-order valence-electron chi connectivity index (χ1n) is 5.30. The van der Waals surface area contributed by atoms with Crippen molar-refractivity contribution in [1.29, 1.82) is 0 Å². The number of nitrogens with zero attached hydrogens (tertiary/aromatic N) is 1. The summed E-state index contributed by atoms with van der Waals surface area (Å²) in [4.78, 5) is 0. The van der Waals surface area contributed by atoms with Crippen LogP contribution in [0.1, 0.15) is 0 Å². The van der Waals surface area contributed by atoms with Crippen molar-refractivity contribution in [2.75, 3.05) is 0 Å². The fourth-order valence-electron chi connectivity index (χ4n) is 2.43. The number of fused-ring (bicyclic) bond motifs is 3. The predicted octanol–water partition coefficient (Wildman–Crippen LogP) is 3.62. The highest BCUT2D eigenvalue weighted by Gasteiger charge is 2.14. The van der Waals surface area contributed by atoms with Crippen LogP contribution in [0.4, 0.5) is 0 Å². The van der Waals surface area contributed by atoms with Crippen LogP contribution in [0.5, 0.6) is 5.75 Å². The van der Waals surface area contributed by atoms with Crippen molar-refractivity contribution in [3.63, 3.8) is 0 Å². The van der Waals surface area contributed by atoms with Gasteiger partial charge in [-0.2, -0.15) is 0 Å². The lowest BCUT2D eigenvalue weighted by Gasteiger charge is -2.10. The summed E-state index contributed by atoms with van der Waals surface area (Å²) in [6.07, 6.45) is 3.70. The molecular formula is C14H9NO. The number of hydrogen-bond acceptors (Lipinski definition) is 1. The minimum Gasteiger partial charge on any atom is -0.461 e. The van der Waals surface area contributed by atoms with Crippen molar-refractivity contribution in [3.8, 4) is 5.75 Å². The Kier molecular flexibility index (Phi) is 1.33. The van der Waals surface area contributed by atoms with Gasteiger partial charge in [-0.1, -0.05) is 30.3 Å². The monoisotopic (exact) mass is 207 g/mol. The Hall–Kier alpha value is -2.22. The van der Waals surface area contributed by atoms with E-state index in [-0.39, 0.29) is 0 Å². The number of ether oxygens (including phenoxy) is 1. The number of para-hydroxylation sites is 2. The van der Waals surface area contributed by atoms with Gasteiger partial charge in [0.05, 0.1) is 11.0 Å². The number of aromatic nitrogens is 1. The molecule has 0 spiro atoms. The number of benzene rings is 2. The van der Waals surface area contributed by atoms with E-state index in [1.165, 1.54) is 16.3 Å². The van der Waals surface area contributed by atoms with Crippen molar-refractivity contribution in [3.05, 3.63) is 48.7 Å². The van der Waals surface area contributed by atoms with Gasteiger partial charge in [-0.3, -0.25) is 0 Å². The van der Waals surface area contributed by atoms with Crippen molar-refractivity contribution in [1.82, 2.24) is 4.57 Å². The maximum atomic E-state index is 5.52. The SMILES string of the molecule is C1=Cn2c3ccccc3c3cccc(c32)O1. The molecular weight excluding hydrogens is 198 g/mol. The van der Waals surface area contributed by atoms with Gasteiger partial charge in [-0.15, -0.1) is 0 Å². The zero-order chi connectivity index (χ0) is 10.5. The molecule has 2 heterocycles. The van der Waals surface area contributed by atoms with E-state index < -0.39 is 0 Å². The smallest absolute Gasteiger partial charge is 0.151 e. The molecule has 2 heteroatoms. The van der Waals surface area contributed by atoms with Gasteiger partial charge in [0.2, 0.25) is 0 Å². The fourth-order valence-corrected chi connectivity index (χ4v) is 2.43. The van der Waals surface area contributed by atoms with Crippen LogP contribution in [-0.4, -0.2) is 4.57 Å². The molecule has 0 unspecified atom stereocenters. The van der Waals surface area contributed by atoms with Crippen LogP contribution >= 0.6 is 0 Å². The van der Waals surface area contributed by atoms with Gasteiger partial charge in [-0.05, 0) is 12.1 Å². The largest absolute Gasteiger partial charge is 0.461 e. The molecule has 0 aliphatic carbocycles. The molecule has 0 bridgehead atoms. The van der Waals surface area contributed by atoms with Crippen LogP contribution in [0.15, 0.2) is 48.7 Å². The van der Waals surface area contributed by atoms with Crippen LogP contribution in [0.2, 0.25) is 0 Å². The van der Waals surface area contributed by atoms with Crippen LogP contribution in [0.25, 0.3) is 28.0 Å². The van der Waals surface area contributed by atoms with Crippen molar-refractivity contribution < 1.29 is 4.74 Å². The molecule has 0 amide bonds. The zero-order valence-corrected chi connectivity index (χ0v) is 8.55. The first-order chi connectivity index (χ1) is 7.95. The van der Waals surface area contributed by atoms with E-state index >= 15 is 0 Å². The third kappa shape index (κ3) is 0.823. The predicted molar refractivity (Wildman–Crippen MR) is 65.4 cm³/mol. The third-order valence-electron chi connectivity index (χ3n) is 3.10. The van der Waals surface area contributed by atoms with E-state index in [0.29, 0.717) is 0 Å². The van der Waals surface area contributed by atoms with Crippen LogP contribution in [-0.2, 0) is 0 Å². The quantitative estimate of drug-likeness (QED) is 0.549. The molecule has 2 nitrogen and oxygen atoms in total. The molecule has 0 N–H and O–H groups in total. The molecule has 3 aromatic rings. The van der Waals surface area contributed by atoms with Crippen LogP contribution < -0.4 is 4.74 Å². The average Bonchev–Trinajstić information content (AvgIpc) is 2.68. The summed E-state index contributed by atoms with van der Waals surface area (Å²) in [6, 6.07) is 14.6. The Morgan fingerprint density at radius 2 is 1.75 bits per heavy atom. The molecule has 0 radical (unpaired) electrons. The topological polar surface area (TPSA) is 14.2 Å². The van der Waals surface area contributed by atoms with Crippen LogP contribution in [0, 0.1) is 0 Å². The first kappa shape index (κ1) is 7.99. The summed E-state index contributed by atoms with van der Waals surface area (Å²) in [7, 11) is 0. The summed E-state index contributed by atoms with van der Waals surface area (Å²) < 4.78 is 7.71. The highest BCUT2D eigenvalue weighted by Crippen LogP contribution is 2.36. The Balaban J connectivity index is 2.40. The Bertz CT molecular complexity index is 737. The lowest BCUT2D eigenvalue weighted by molar-refractivity contribution is 0.482. The third-order valence-corrected chi connectivity index (χ3v) is 3.10. The van der Waals surface area contributed by atoms with E-state index in [1.807, 2.05) is 18.3 Å². The summed E-state index contributed by atoms with van der Waals surface area (Å²) >= 11 is 0. The minimum absolute atomic E-state index is 0.927. The molecule has 0 saturated carbocycles. The highest BCUT2D eigenvalue weighted by atomic mass is 16.5. The van der Waals surface area contributed by atoms with Gasteiger partial charge in [0, 0.05) is 17.0 Å². The molecule has 1 aromatic heterocycles. The van der Waals surface area contributed by atoms with Crippen molar-refractivity contribution in [2.24, 2.45) is 0 Å². The number of rotatable bonds is 0. The van der Waals surface area contributed by atoms with Crippen LogP contribution in [0.3, 0.4) is 0 Å². The maximum Gasteiger partial charge on any atom is 0.151 e. The van der Waals surface area contributed by atoms with E-state index in [4.69, 9.17) is 4.74 Å². The summed E-state index contributed by atoms with van der Waals surface area (Å²) in [5.41, 5.74) is 2.38. The zero-order valence-electron chi connectivity index (χ0n) is 8.55. The van der Waals surface area contributed by atoms with E-state index in [0.717, 1.165) is 11.3 Å². The molecule has 76 valence electrons. The van der Waals surface area contributed by atoms with E-state index in [9.17, 15) is 0 Å². The van der Waals surface area contributed by atoms with E-state index in [2.05, 4.69) is 34.9 Å². The summed E-state index contributed by atoms with van der Waals surface area (Å²) in [6.45, 7) is 0. The second kappa shape index (κ2) is 2.67. The maximum absolute atomic E-state index is 5.52. The highest BCUT2D eigenvalue weighted by molar-refractivity contribution is 6.11.